The van der Waals surface area contributed by atoms with Gasteiger partial charge in [0.15, 0.2) is 5.84 Å². The Balaban J connectivity index is 2.05. The molecule has 0 bridgehead atoms. The summed E-state index contributed by atoms with van der Waals surface area (Å²) in [4.78, 5) is 0. The van der Waals surface area contributed by atoms with Crippen LogP contribution in [-0.4, -0.2) is 11.0 Å². The second kappa shape index (κ2) is 5.26. The highest BCUT2D eigenvalue weighted by Gasteiger charge is 2.23. The number of benzene rings is 2. The first kappa shape index (κ1) is 13.7. The molecule has 0 unspecified atom stereocenters. The van der Waals surface area contributed by atoms with Crippen LogP contribution in [-0.2, 0) is 0 Å². The summed E-state index contributed by atoms with van der Waals surface area (Å²) >= 11 is 15.3. The SMILES string of the molecule is ON1C(c2cccc(Br)c2)=NNc2cc(Cl)c(Cl)cc21. The van der Waals surface area contributed by atoms with E-state index < -0.39 is 0 Å². The summed E-state index contributed by atoms with van der Waals surface area (Å²) in [6, 6.07) is 10.7. The molecule has 0 saturated carbocycles. The molecule has 0 spiro atoms. The number of rotatable bonds is 1. The molecule has 102 valence electrons. The van der Waals surface area contributed by atoms with Crippen molar-refractivity contribution in [2.45, 2.75) is 0 Å². The Kier molecular flexibility index (Phi) is 3.60. The maximum Gasteiger partial charge on any atom is 0.184 e. The number of amidine groups is 1. The van der Waals surface area contributed by atoms with Crippen LogP contribution >= 0.6 is 39.1 Å². The largest absolute Gasteiger partial charge is 0.282 e. The molecule has 0 fully saturated rings. The van der Waals surface area contributed by atoms with Gasteiger partial charge < -0.3 is 0 Å². The molecule has 2 aromatic rings. The summed E-state index contributed by atoms with van der Waals surface area (Å²) in [7, 11) is 0. The first-order valence-electron chi connectivity index (χ1n) is 5.64. The van der Waals surface area contributed by atoms with Gasteiger partial charge in [0.2, 0.25) is 0 Å². The van der Waals surface area contributed by atoms with Gasteiger partial charge in [0.1, 0.15) is 0 Å². The molecule has 0 amide bonds. The van der Waals surface area contributed by atoms with Crippen LogP contribution in [0.2, 0.25) is 10.0 Å². The Labute approximate surface area is 133 Å². The molecule has 0 aromatic heterocycles. The standard InChI is InChI=1S/C13H8BrCl2N3O/c14-8-3-1-2-7(4-8)13-18-17-11-5-9(15)10(16)6-12(11)19(13)20/h1-6,17,20H. The summed E-state index contributed by atoms with van der Waals surface area (Å²) < 4.78 is 0.894. The highest BCUT2D eigenvalue weighted by atomic mass is 79.9. The second-order valence-electron chi connectivity index (χ2n) is 4.15. The number of nitrogens with zero attached hydrogens (tertiary/aromatic N) is 2. The van der Waals surface area contributed by atoms with E-state index in [0.717, 1.165) is 15.1 Å². The molecule has 2 N–H and O–H groups in total. The first-order chi connectivity index (χ1) is 9.56. The zero-order valence-electron chi connectivity index (χ0n) is 9.94. The lowest BCUT2D eigenvalue weighted by Crippen LogP contribution is -2.32. The van der Waals surface area contributed by atoms with Crippen molar-refractivity contribution < 1.29 is 5.21 Å². The van der Waals surface area contributed by atoms with Gasteiger partial charge in [0.25, 0.3) is 0 Å². The first-order valence-corrected chi connectivity index (χ1v) is 7.19. The third kappa shape index (κ3) is 2.38. The molecule has 0 atom stereocenters. The number of halogens is 3. The van der Waals surface area contributed by atoms with E-state index in [1.54, 1.807) is 12.1 Å². The summed E-state index contributed by atoms with van der Waals surface area (Å²) in [6.45, 7) is 0. The topological polar surface area (TPSA) is 47.9 Å². The van der Waals surface area contributed by atoms with Crippen molar-refractivity contribution in [3.8, 4) is 0 Å². The van der Waals surface area contributed by atoms with Gasteiger partial charge in [-0.2, -0.15) is 5.10 Å². The van der Waals surface area contributed by atoms with E-state index in [-0.39, 0.29) is 0 Å². The van der Waals surface area contributed by atoms with E-state index in [1.807, 2.05) is 24.3 Å². The van der Waals surface area contributed by atoms with Crippen molar-refractivity contribution in [1.29, 1.82) is 0 Å². The molecule has 7 heteroatoms. The molecule has 1 aliphatic heterocycles. The van der Waals surface area contributed by atoms with Gasteiger partial charge in [-0.1, -0.05) is 51.3 Å². The number of hydrogen-bond donors (Lipinski definition) is 2. The monoisotopic (exact) mass is 371 g/mol. The van der Waals surface area contributed by atoms with E-state index >= 15 is 0 Å². The smallest absolute Gasteiger partial charge is 0.184 e. The van der Waals surface area contributed by atoms with Crippen LogP contribution in [0.3, 0.4) is 0 Å². The number of fused-ring (bicyclic) bond motifs is 1. The summed E-state index contributed by atoms with van der Waals surface area (Å²) in [6.07, 6.45) is 0. The third-order valence-electron chi connectivity index (χ3n) is 2.83. The van der Waals surface area contributed by atoms with Gasteiger partial charge in [-0.3, -0.25) is 10.6 Å². The molecular weight excluding hydrogens is 365 g/mol. The van der Waals surface area contributed by atoms with E-state index in [0.29, 0.717) is 27.3 Å². The molecule has 2 aromatic carbocycles. The average molecular weight is 373 g/mol. The Bertz CT molecular complexity index is 721. The number of anilines is 2. The van der Waals surface area contributed by atoms with Crippen molar-refractivity contribution in [3.63, 3.8) is 0 Å². The van der Waals surface area contributed by atoms with Gasteiger partial charge in [0, 0.05) is 10.0 Å². The highest BCUT2D eigenvalue weighted by Crippen LogP contribution is 2.37. The fourth-order valence-corrected chi connectivity index (χ4v) is 2.61. The van der Waals surface area contributed by atoms with Crippen molar-refractivity contribution in [1.82, 2.24) is 0 Å². The molecule has 0 aliphatic carbocycles. The third-order valence-corrected chi connectivity index (χ3v) is 4.05. The fraction of sp³-hybridized carbons (Fsp3) is 0. The van der Waals surface area contributed by atoms with Crippen molar-refractivity contribution in [2.75, 3.05) is 10.5 Å². The predicted octanol–water partition coefficient (Wildman–Crippen LogP) is 4.74. The van der Waals surface area contributed by atoms with Crippen LogP contribution in [0.4, 0.5) is 11.4 Å². The molecule has 0 saturated heterocycles. The Morgan fingerprint density at radius 1 is 1.15 bits per heavy atom. The number of hydrazone groups is 1. The van der Waals surface area contributed by atoms with Crippen LogP contribution in [0.25, 0.3) is 0 Å². The molecule has 1 heterocycles. The Hall–Kier alpha value is -1.27. The quantitative estimate of drug-likeness (QED) is 0.760. The summed E-state index contributed by atoms with van der Waals surface area (Å²) in [5, 5.41) is 16.2. The minimum absolute atomic E-state index is 0.363. The van der Waals surface area contributed by atoms with Crippen LogP contribution in [0.15, 0.2) is 46.0 Å². The highest BCUT2D eigenvalue weighted by molar-refractivity contribution is 9.10. The maximum atomic E-state index is 10.3. The van der Waals surface area contributed by atoms with E-state index in [9.17, 15) is 5.21 Å². The van der Waals surface area contributed by atoms with Crippen molar-refractivity contribution >= 4 is 56.3 Å². The van der Waals surface area contributed by atoms with Crippen LogP contribution < -0.4 is 10.5 Å². The van der Waals surface area contributed by atoms with Crippen LogP contribution in [0, 0.1) is 0 Å². The lowest BCUT2D eigenvalue weighted by Gasteiger charge is -2.26. The van der Waals surface area contributed by atoms with Crippen LogP contribution in [0.5, 0.6) is 0 Å². The molecule has 1 aliphatic rings. The Morgan fingerprint density at radius 2 is 1.90 bits per heavy atom. The normalized spacial score (nSPS) is 13.6. The van der Waals surface area contributed by atoms with Crippen molar-refractivity contribution in [2.24, 2.45) is 5.10 Å². The molecule has 0 radical (unpaired) electrons. The number of nitrogens with one attached hydrogen (secondary N) is 1. The summed E-state index contributed by atoms with van der Waals surface area (Å²) in [5.41, 5.74) is 4.69. The lowest BCUT2D eigenvalue weighted by atomic mass is 10.1. The minimum atomic E-state index is 0.363. The average Bonchev–Trinajstić information content (AvgIpc) is 2.41. The van der Waals surface area contributed by atoms with Gasteiger partial charge in [-0.05, 0) is 24.3 Å². The predicted molar refractivity (Wildman–Crippen MR) is 85.0 cm³/mol. The number of hydrogen-bond acceptors (Lipinski definition) is 4. The van der Waals surface area contributed by atoms with Gasteiger partial charge >= 0.3 is 0 Å². The van der Waals surface area contributed by atoms with Crippen LogP contribution in [0.1, 0.15) is 5.56 Å². The molecular formula is C13H8BrCl2N3O. The van der Waals surface area contributed by atoms with Crippen molar-refractivity contribution in [3.05, 3.63) is 56.5 Å². The van der Waals surface area contributed by atoms with E-state index in [2.05, 4.69) is 26.5 Å². The minimum Gasteiger partial charge on any atom is -0.282 e. The van der Waals surface area contributed by atoms with Gasteiger partial charge in [0.05, 0.1) is 21.4 Å². The van der Waals surface area contributed by atoms with E-state index in [1.165, 1.54) is 0 Å². The molecule has 20 heavy (non-hydrogen) atoms. The maximum absolute atomic E-state index is 10.3. The number of hydroxylamine groups is 1. The fourth-order valence-electron chi connectivity index (χ4n) is 1.89. The zero-order chi connectivity index (χ0) is 14.3. The zero-order valence-corrected chi connectivity index (χ0v) is 13.0. The second-order valence-corrected chi connectivity index (χ2v) is 5.88. The summed E-state index contributed by atoms with van der Waals surface area (Å²) in [5.74, 6) is 0.372. The molecule has 3 rings (SSSR count). The Morgan fingerprint density at radius 3 is 2.65 bits per heavy atom. The molecule has 4 nitrogen and oxygen atoms in total. The lowest BCUT2D eigenvalue weighted by molar-refractivity contribution is 0.312. The van der Waals surface area contributed by atoms with Gasteiger partial charge in [-0.25, -0.2) is 5.06 Å². The van der Waals surface area contributed by atoms with E-state index in [4.69, 9.17) is 23.2 Å². The van der Waals surface area contributed by atoms with Gasteiger partial charge in [-0.15, -0.1) is 0 Å².